The van der Waals surface area contributed by atoms with Crippen molar-refractivity contribution in [2.24, 2.45) is 0 Å². The molecule has 1 N–H and O–H groups in total. The number of hydrogen-bond donors (Lipinski definition) is 1. The Morgan fingerprint density at radius 2 is 2.11 bits per heavy atom. The molecule has 1 aromatic heterocycles. The van der Waals surface area contributed by atoms with Gasteiger partial charge in [-0.15, -0.1) is 0 Å². The Morgan fingerprint density at radius 1 is 1.32 bits per heavy atom. The molecule has 0 bridgehead atoms. The number of nitrogens with one attached hydrogen (secondary N) is 1. The summed E-state index contributed by atoms with van der Waals surface area (Å²) in [5.74, 6) is 0.917. The molecule has 0 unspecified atom stereocenters. The molecule has 0 saturated heterocycles. The number of nitrogens with zero attached hydrogens (tertiary/aromatic N) is 2. The molecule has 19 heavy (non-hydrogen) atoms. The minimum absolute atomic E-state index is 0.0839. The number of rotatable bonds is 6. The van der Waals surface area contributed by atoms with Gasteiger partial charge < -0.3 is 9.84 Å². The Morgan fingerprint density at radius 3 is 2.79 bits per heavy atom. The summed E-state index contributed by atoms with van der Waals surface area (Å²) < 4.78 is 4.95. The summed E-state index contributed by atoms with van der Waals surface area (Å²) in [6.45, 7) is 2.54. The first-order chi connectivity index (χ1) is 9.28. The van der Waals surface area contributed by atoms with Crippen molar-refractivity contribution < 1.29 is 9.32 Å². The van der Waals surface area contributed by atoms with Crippen molar-refractivity contribution in [2.45, 2.75) is 26.2 Å². The van der Waals surface area contributed by atoms with E-state index in [9.17, 15) is 4.79 Å². The van der Waals surface area contributed by atoms with Crippen LogP contribution < -0.4 is 5.32 Å². The lowest BCUT2D eigenvalue weighted by molar-refractivity contribution is -0.120. The van der Waals surface area contributed by atoms with Crippen molar-refractivity contribution in [3.05, 3.63) is 47.6 Å². The summed E-state index contributed by atoms with van der Waals surface area (Å²) in [5, 5.41) is 6.59. The van der Waals surface area contributed by atoms with Crippen LogP contribution in [-0.2, 0) is 24.1 Å². The zero-order valence-corrected chi connectivity index (χ0v) is 10.9. The highest BCUT2D eigenvalue weighted by atomic mass is 16.5. The van der Waals surface area contributed by atoms with E-state index in [0.29, 0.717) is 24.7 Å². The van der Waals surface area contributed by atoms with Gasteiger partial charge in [0.2, 0.25) is 11.8 Å². The van der Waals surface area contributed by atoms with Crippen LogP contribution in [0.3, 0.4) is 0 Å². The van der Waals surface area contributed by atoms with Gasteiger partial charge in [-0.05, 0) is 12.0 Å². The Labute approximate surface area is 112 Å². The minimum Gasteiger partial charge on any atom is -0.355 e. The molecule has 1 aromatic carbocycles. The molecule has 0 fully saturated rings. The first-order valence-electron chi connectivity index (χ1n) is 6.40. The highest BCUT2D eigenvalue weighted by Crippen LogP contribution is 2.00. The zero-order chi connectivity index (χ0) is 13.5. The average Bonchev–Trinajstić information content (AvgIpc) is 2.87. The van der Waals surface area contributed by atoms with E-state index in [1.165, 1.54) is 5.56 Å². The van der Waals surface area contributed by atoms with Crippen LogP contribution in [-0.4, -0.2) is 22.6 Å². The van der Waals surface area contributed by atoms with E-state index in [1.807, 2.05) is 37.3 Å². The van der Waals surface area contributed by atoms with Crippen LogP contribution in [0.15, 0.2) is 34.9 Å². The van der Waals surface area contributed by atoms with E-state index in [2.05, 4.69) is 15.5 Å². The molecule has 0 atom stereocenters. The normalized spacial score (nSPS) is 10.4. The topological polar surface area (TPSA) is 68.0 Å². The van der Waals surface area contributed by atoms with Crippen molar-refractivity contribution in [3.8, 4) is 0 Å². The van der Waals surface area contributed by atoms with E-state index in [0.717, 1.165) is 6.42 Å². The predicted octanol–water partition coefficient (Wildman–Crippen LogP) is 1.53. The maximum absolute atomic E-state index is 11.7. The third-order valence-corrected chi connectivity index (χ3v) is 2.71. The zero-order valence-electron chi connectivity index (χ0n) is 10.9. The number of aromatic nitrogens is 2. The number of carbonyl (C=O) groups excluding carboxylic acids is 1. The van der Waals surface area contributed by atoms with Gasteiger partial charge in [0.15, 0.2) is 5.82 Å². The highest BCUT2D eigenvalue weighted by Gasteiger charge is 2.09. The van der Waals surface area contributed by atoms with Gasteiger partial charge in [0.25, 0.3) is 0 Å². The molecule has 0 aliphatic carbocycles. The number of hydrogen-bond acceptors (Lipinski definition) is 4. The van der Waals surface area contributed by atoms with Gasteiger partial charge in [0, 0.05) is 13.0 Å². The van der Waals surface area contributed by atoms with Crippen molar-refractivity contribution in [2.75, 3.05) is 6.54 Å². The minimum atomic E-state index is -0.0839. The Bertz CT molecular complexity index is 522. The standard InChI is InChI=1S/C14H17N3O2/c1-2-14-16-12(17-19-14)10-13(18)15-9-8-11-6-4-3-5-7-11/h3-7H,2,8-10H2,1H3,(H,15,18). The first kappa shape index (κ1) is 13.3. The molecule has 1 heterocycles. The van der Waals surface area contributed by atoms with E-state index in [4.69, 9.17) is 4.52 Å². The van der Waals surface area contributed by atoms with Gasteiger partial charge in [-0.25, -0.2) is 0 Å². The largest absolute Gasteiger partial charge is 0.355 e. The number of aryl methyl sites for hydroxylation is 1. The molecular weight excluding hydrogens is 242 g/mol. The number of benzene rings is 1. The van der Waals surface area contributed by atoms with Gasteiger partial charge in [-0.1, -0.05) is 42.4 Å². The van der Waals surface area contributed by atoms with Crippen molar-refractivity contribution >= 4 is 5.91 Å². The maximum atomic E-state index is 11.7. The van der Waals surface area contributed by atoms with Gasteiger partial charge >= 0.3 is 0 Å². The second kappa shape index (κ2) is 6.68. The van der Waals surface area contributed by atoms with Crippen LogP contribution in [0.1, 0.15) is 24.2 Å². The molecule has 0 aliphatic rings. The average molecular weight is 259 g/mol. The smallest absolute Gasteiger partial charge is 0.227 e. The first-order valence-corrected chi connectivity index (χ1v) is 6.40. The quantitative estimate of drug-likeness (QED) is 0.854. The molecular formula is C14H17N3O2. The Kier molecular flexibility index (Phi) is 4.66. The number of amides is 1. The molecule has 100 valence electrons. The van der Waals surface area contributed by atoms with Crippen LogP contribution in [0, 0.1) is 0 Å². The Hall–Kier alpha value is -2.17. The van der Waals surface area contributed by atoms with Crippen LogP contribution in [0.5, 0.6) is 0 Å². The maximum Gasteiger partial charge on any atom is 0.227 e. The second-order valence-corrected chi connectivity index (χ2v) is 4.22. The molecule has 5 nitrogen and oxygen atoms in total. The molecule has 0 saturated carbocycles. The summed E-state index contributed by atoms with van der Waals surface area (Å²) in [6.07, 6.45) is 1.67. The van der Waals surface area contributed by atoms with E-state index < -0.39 is 0 Å². The summed E-state index contributed by atoms with van der Waals surface area (Å²) in [4.78, 5) is 15.8. The van der Waals surface area contributed by atoms with Gasteiger partial charge in [-0.2, -0.15) is 4.98 Å². The summed E-state index contributed by atoms with van der Waals surface area (Å²) in [5.41, 5.74) is 1.20. The van der Waals surface area contributed by atoms with Crippen LogP contribution in [0.25, 0.3) is 0 Å². The highest BCUT2D eigenvalue weighted by molar-refractivity contribution is 5.77. The van der Waals surface area contributed by atoms with Gasteiger partial charge in [0.1, 0.15) is 0 Å². The summed E-state index contributed by atoms with van der Waals surface area (Å²) >= 11 is 0. The molecule has 1 amide bonds. The van der Waals surface area contributed by atoms with Crippen molar-refractivity contribution in [1.82, 2.24) is 15.5 Å². The van der Waals surface area contributed by atoms with Crippen molar-refractivity contribution in [1.29, 1.82) is 0 Å². The molecule has 2 aromatic rings. The van der Waals surface area contributed by atoms with E-state index in [1.54, 1.807) is 0 Å². The molecule has 0 aliphatic heterocycles. The van der Waals surface area contributed by atoms with Gasteiger partial charge in [0.05, 0.1) is 6.42 Å². The summed E-state index contributed by atoms with van der Waals surface area (Å²) in [6, 6.07) is 10.0. The third-order valence-electron chi connectivity index (χ3n) is 2.71. The molecule has 5 heteroatoms. The fourth-order valence-corrected chi connectivity index (χ4v) is 1.70. The fraction of sp³-hybridized carbons (Fsp3) is 0.357. The Balaban J connectivity index is 1.73. The lowest BCUT2D eigenvalue weighted by Crippen LogP contribution is -2.27. The predicted molar refractivity (Wildman–Crippen MR) is 70.5 cm³/mol. The molecule has 2 rings (SSSR count). The molecule has 0 spiro atoms. The monoisotopic (exact) mass is 259 g/mol. The van der Waals surface area contributed by atoms with E-state index >= 15 is 0 Å². The lowest BCUT2D eigenvalue weighted by atomic mass is 10.1. The lowest BCUT2D eigenvalue weighted by Gasteiger charge is -2.03. The van der Waals surface area contributed by atoms with Crippen molar-refractivity contribution in [3.63, 3.8) is 0 Å². The van der Waals surface area contributed by atoms with Gasteiger partial charge in [-0.3, -0.25) is 4.79 Å². The van der Waals surface area contributed by atoms with Crippen LogP contribution in [0.4, 0.5) is 0 Å². The van der Waals surface area contributed by atoms with Crippen LogP contribution >= 0.6 is 0 Å². The SMILES string of the molecule is CCc1nc(CC(=O)NCCc2ccccc2)no1. The fourth-order valence-electron chi connectivity index (χ4n) is 1.70. The molecule has 0 radical (unpaired) electrons. The second-order valence-electron chi connectivity index (χ2n) is 4.22. The third kappa shape index (κ3) is 4.21. The number of carbonyl (C=O) groups is 1. The van der Waals surface area contributed by atoms with E-state index in [-0.39, 0.29) is 12.3 Å². The van der Waals surface area contributed by atoms with Crippen LogP contribution in [0.2, 0.25) is 0 Å². The summed E-state index contributed by atoms with van der Waals surface area (Å²) in [7, 11) is 0.